The van der Waals surface area contributed by atoms with Gasteiger partial charge in [-0.25, -0.2) is 0 Å². The molecule has 4 rings (SSSR count). The summed E-state index contributed by atoms with van der Waals surface area (Å²) in [6, 6.07) is 10.2. The second-order valence-corrected chi connectivity index (χ2v) is 7.95. The van der Waals surface area contributed by atoms with Crippen LogP contribution in [0.5, 0.6) is 0 Å². The minimum Gasteiger partial charge on any atom is -0.332 e. The molecule has 23 heavy (non-hydrogen) atoms. The van der Waals surface area contributed by atoms with E-state index in [1.807, 2.05) is 30.0 Å². The number of aryl methyl sites for hydroxylation is 2. The third-order valence-corrected chi connectivity index (χ3v) is 5.91. The summed E-state index contributed by atoms with van der Waals surface area (Å²) in [5.41, 5.74) is 2.13. The molecular formula is C17H17N3OS2. The molecule has 0 atom stereocenters. The number of rotatable bonds is 2. The van der Waals surface area contributed by atoms with Gasteiger partial charge < -0.3 is 4.90 Å². The molecule has 4 heterocycles. The molecule has 0 aliphatic carbocycles. The quantitative estimate of drug-likeness (QED) is 0.705. The van der Waals surface area contributed by atoms with Crippen LogP contribution in [0.3, 0.4) is 0 Å². The lowest BCUT2D eigenvalue weighted by atomic mass is 10.3. The molecule has 0 unspecified atom stereocenters. The van der Waals surface area contributed by atoms with Gasteiger partial charge in [-0.2, -0.15) is 5.10 Å². The van der Waals surface area contributed by atoms with Gasteiger partial charge in [0.1, 0.15) is 5.69 Å². The standard InChI is InChI=1S/C17H17N3OS2/c1-12-5-6-16(23-12)17(21)19-7-3-8-20-13(11-19)10-14(18-20)15-4-2-9-22-15/h2,4-6,9-10H,3,7-8,11H2,1H3. The van der Waals surface area contributed by atoms with Crippen molar-refractivity contribution in [3.63, 3.8) is 0 Å². The number of amides is 1. The monoisotopic (exact) mass is 343 g/mol. The van der Waals surface area contributed by atoms with Crippen LogP contribution in [0.25, 0.3) is 10.6 Å². The van der Waals surface area contributed by atoms with E-state index >= 15 is 0 Å². The highest BCUT2D eigenvalue weighted by Crippen LogP contribution is 2.26. The summed E-state index contributed by atoms with van der Waals surface area (Å²) in [5, 5.41) is 6.78. The van der Waals surface area contributed by atoms with Crippen molar-refractivity contribution in [3.8, 4) is 10.6 Å². The maximum Gasteiger partial charge on any atom is 0.264 e. The van der Waals surface area contributed by atoms with Gasteiger partial charge in [0.2, 0.25) is 0 Å². The number of nitrogens with zero attached hydrogens (tertiary/aromatic N) is 3. The molecule has 1 aliphatic rings. The summed E-state index contributed by atoms with van der Waals surface area (Å²) < 4.78 is 2.06. The van der Waals surface area contributed by atoms with E-state index in [0.29, 0.717) is 6.54 Å². The van der Waals surface area contributed by atoms with E-state index in [0.717, 1.165) is 35.8 Å². The number of hydrogen-bond donors (Lipinski definition) is 0. The van der Waals surface area contributed by atoms with Gasteiger partial charge in [-0.3, -0.25) is 9.48 Å². The van der Waals surface area contributed by atoms with Crippen molar-refractivity contribution in [2.75, 3.05) is 6.54 Å². The first-order chi connectivity index (χ1) is 11.2. The molecule has 118 valence electrons. The Labute approximate surface area is 143 Å². The zero-order chi connectivity index (χ0) is 15.8. The number of fused-ring (bicyclic) bond motifs is 1. The van der Waals surface area contributed by atoms with Crippen LogP contribution in [0, 0.1) is 6.92 Å². The Morgan fingerprint density at radius 1 is 1.26 bits per heavy atom. The predicted octanol–water partition coefficient (Wildman–Crippen LogP) is 4.03. The lowest BCUT2D eigenvalue weighted by molar-refractivity contribution is 0.0750. The molecule has 0 saturated carbocycles. The van der Waals surface area contributed by atoms with Gasteiger partial charge in [0, 0.05) is 18.0 Å². The summed E-state index contributed by atoms with van der Waals surface area (Å²) in [6.07, 6.45) is 0.939. The highest BCUT2D eigenvalue weighted by Gasteiger charge is 2.23. The number of thiophene rings is 2. The van der Waals surface area contributed by atoms with Crippen LogP contribution >= 0.6 is 22.7 Å². The van der Waals surface area contributed by atoms with Crippen LogP contribution in [0.2, 0.25) is 0 Å². The highest BCUT2D eigenvalue weighted by atomic mass is 32.1. The van der Waals surface area contributed by atoms with Gasteiger partial charge in [0.25, 0.3) is 5.91 Å². The van der Waals surface area contributed by atoms with Crippen molar-refractivity contribution < 1.29 is 4.79 Å². The van der Waals surface area contributed by atoms with Crippen molar-refractivity contribution in [2.45, 2.75) is 26.4 Å². The van der Waals surface area contributed by atoms with Crippen LogP contribution in [0.4, 0.5) is 0 Å². The molecule has 1 amide bonds. The summed E-state index contributed by atoms with van der Waals surface area (Å²) in [7, 11) is 0. The Hall–Kier alpha value is -1.92. The number of carbonyl (C=O) groups excluding carboxylic acids is 1. The van der Waals surface area contributed by atoms with Crippen molar-refractivity contribution in [2.24, 2.45) is 0 Å². The van der Waals surface area contributed by atoms with E-state index in [2.05, 4.69) is 22.2 Å². The minimum absolute atomic E-state index is 0.135. The van der Waals surface area contributed by atoms with Gasteiger partial charge in [0.15, 0.2) is 0 Å². The Balaban J connectivity index is 1.60. The first-order valence-corrected chi connectivity index (χ1v) is 9.36. The molecule has 0 bridgehead atoms. The summed E-state index contributed by atoms with van der Waals surface area (Å²) in [4.78, 5) is 17.8. The van der Waals surface area contributed by atoms with E-state index in [4.69, 9.17) is 5.10 Å². The van der Waals surface area contributed by atoms with Crippen molar-refractivity contribution in [1.29, 1.82) is 0 Å². The van der Waals surface area contributed by atoms with Crippen LogP contribution in [-0.4, -0.2) is 27.1 Å². The first kappa shape index (κ1) is 14.7. The fourth-order valence-electron chi connectivity index (χ4n) is 2.89. The molecule has 0 spiro atoms. The molecule has 1 aliphatic heterocycles. The third kappa shape index (κ3) is 2.84. The molecule has 3 aromatic heterocycles. The van der Waals surface area contributed by atoms with E-state index in [-0.39, 0.29) is 5.91 Å². The molecule has 4 nitrogen and oxygen atoms in total. The van der Waals surface area contributed by atoms with Crippen LogP contribution in [0.15, 0.2) is 35.7 Å². The molecule has 6 heteroatoms. The number of carbonyl (C=O) groups is 1. The van der Waals surface area contributed by atoms with Gasteiger partial charge in [0.05, 0.1) is 22.0 Å². The SMILES string of the molecule is Cc1ccc(C(=O)N2CCCn3nc(-c4cccs4)cc3C2)s1. The lowest BCUT2D eigenvalue weighted by Crippen LogP contribution is -2.30. The topological polar surface area (TPSA) is 38.1 Å². The Morgan fingerprint density at radius 2 is 2.17 bits per heavy atom. The fourth-order valence-corrected chi connectivity index (χ4v) is 4.40. The smallest absolute Gasteiger partial charge is 0.264 e. The average molecular weight is 343 g/mol. The second kappa shape index (κ2) is 5.94. The molecule has 0 aromatic carbocycles. The molecule has 0 radical (unpaired) electrons. The van der Waals surface area contributed by atoms with Gasteiger partial charge in [-0.05, 0) is 43.0 Å². The zero-order valence-electron chi connectivity index (χ0n) is 12.9. The van der Waals surface area contributed by atoms with Crippen LogP contribution < -0.4 is 0 Å². The van der Waals surface area contributed by atoms with E-state index < -0.39 is 0 Å². The fraction of sp³-hybridized carbons (Fsp3) is 0.294. The molecule has 0 saturated heterocycles. The van der Waals surface area contributed by atoms with E-state index in [1.54, 1.807) is 22.7 Å². The van der Waals surface area contributed by atoms with Crippen molar-refractivity contribution in [3.05, 3.63) is 51.2 Å². The summed E-state index contributed by atoms with van der Waals surface area (Å²) >= 11 is 3.27. The predicted molar refractivity (Wildman–Crippen MR) is 94.0 cm³/mol. The molecule has 0 N–H and O–H groups in total. The largest absolute Gasteiger partial charge is 0.332 e. The average Bonchev–Trinajstić information content (AvgIpc) is 3.25. The maximum absolute atomic E-state index is 12.7. The van der Waals surface area contributed by atoms with Crippen LogP contribution in [0.1, 0.15) is 26.7 Å². The Kier molecular flexibility index (Phi) is 3.79. The van der Waals surface area contributed by atoms with E-state index in [1.165, 1.54) is 9.75 Å². The highest BCUT2D eigenvalue weighted by molar-refractivity contribution is 7.14. The van der Waals surface area contributed by atoms with Gasteiger partial charge in [-0.1, -0.05) is 6.07 Å². The first-order valence-electron chi connectivity index (χ1n) is 7.67. The lowest BCUT2D eigenvalue weighted by Gasteiger charge is -2.19. The summed E-state index contributed by atoms with van der Waals surface area (Å²) in [6.45, 7) is 4.32. The van der Waals surface area contributed by atoms with Crippen LogP contribution in [-0.2, 0) is 13.1 Å². The third-order valence-electron chi connectivity index (χ3n) is 4.03. The minimum atomic E-state index is 0.135. The second-order valence-electron chi connectivity index (χ2n) is 5.71. The normalized spacial score (nSPS) is 14.6. The maximum atomic E-state index is 12.7. The van der Waals surface area contributed by atoms with Crippen molar-refractivity contribution >= 4 is 28.6 Å². The Morgan fingerprint density at radius 3 is 2.91 bits per heavy atom. The zero-order valence-corrected chi connectivity index (χ0v) is 14.5. The molecule has 0 fully saturated rings. The van der Waals surface area contributed by atoms with Gasteiger partial charge >= 0.3 is 0 Å². The number of aromatic nitrogens is 2. The van der Waals surface area contributed by atoms with Crippen molar-refractivity contribution in [1.82, 2.24) is 14.7 Å². The van der Waals surface area contributed by atoms with E-state index in [9.17, 15) is 4.79 Å². The summed E-state index contributed by atoms with van der Waals surface area (Å²) in [5.74, 6) is 0.135. The van der Waals surface area contributed by atoms with Gasteiger partial charge in [-0.15, -0.1) is 22.7 Å². The number of hydrogen-bond acceptors (Lipinski definition) is 4. The Bertz CT molecular complexity index is 832. The molecule has 3 aromatic rings. The molecular weight excluding hydrogens is 326 g/mol.